The smallest absolute Gasteiger partial charge is 0.326 e. The van der Waals surface area contributed by atoms with Gasteiger partial charge in [0.05, 0.1) is 23.7 Å². The fourth-order valence-electron chi connectivity index (χ4n) is 1.67. The van der Waals surface area contributed by atoms with Crippen LogP contribution in [-0.4, -0.2) is 44.1 Å². The van der Waals surface area contributed by atoms with Gasteiger partial charge in [-0.3, -0.25) is 14.6 Å². The number of fused-ring (bicyclic) bond motifs is 1. The van der Waals surface area contributed by atoms with Crippen LogP contribution in [0.4, 0.5) is 0 Å². The van der Waals surface area contributed by atoms with Crippen molar-refractivity contribution in [3.63, 3.8) is 0 Å². The standard InChI is InChI=1S/C13H11N3O5/c17-11(18)5-9(13(20)21)16-12(19)10-6-14-7-3-1-2-4-8(7)15-10/h1-4,6,9H,5H2,(H,16,19)(H,17,18)(H,20,21)/t9-/m0/s1. The summed E-state index contributed by atoms with van der Waals surface area (Å²) in [7, 11) is 0. The highest BCUT2D eigenvalue weighted by Gasteiger charge is 2.24. The van der Waals surface area contributed by atoms with Crippen LogP contribution in [0.3, 0.4) is 0 Å². The molecule has 21 heavy (non-hydrogen) atoms. The van der Waals surface area contributed by atoms with E-state index in [9.17, 15) is 14.4 Å². The van der Waals surface area contributed by atoms with Gasteiger partial charge in [0, 0.05) is 0 Å². The number of nitrogens with zero attached hydrogens (tertiary/aromatic N) is 2. The van der Waals surface area contributed by atoms with E-state index in [0.717, 1.165) is 0 Å². The SMILES string of the molecule is O=C(O)C[C@H](NC(=O)c1cnc2ccccc2n1)C(=O)O. The van der Waals surface area contributed by atoms with Crippen molar-refractivity contribution in [1.29, 1.82) is 0 Å². The second-order valence-electron chi connectivity index (χ2n) is 4.21. The summed E-state index contributed by atoms with van der Waals surface area (Å²) in [4.78, 5) is 41.5. The summed E-state index contributed by atoms with van der Waals surface area (Å²) < 4.78 is 0. The van der Waals surface area contributed by atoms with Crippen molar-refractivity contribution in [3.05, 3.63) is 36.2 Å². The molecule has 0 saturated heterocycles. The van der Waals surface area contributed by atoms with Crippen molar-refractivity contribution < 1.29 is 24.6 Å². The van der Waals surface area contributed by atoms with Crippen molar-refractivity contribution in [2.24, 2.45) is 0 Å². The van der Waals surface area contributed by atoms with Crippen molar-refractivity contribution >= 4 is 28.9 Å². The van der Waals surface area contributed by atoms with E-state index in [1.54, 1.807) is 24.3 Å². The lowest BCUT2D eigenvalue weighted by Crippen LogP contribution is -2.42. The molecule has 1 amide bonds. The van der Waals surface area contributed by atoms with Gasteiger partial charge >= 0.3 is 11.9 Å². The van der Waals surface area contributed by atoms with E-state index in [1.165, 1.54) is 6.20 Å². The fourth-order valence-corrected chi connectivity index (χ4v) is 1.67. The van der Waals surface area contributed by atoms with E-state index in [4.69, 9.17) is 10.2 Å². The molecule has 8 nitrogen and oxygen atoms in total. The van der Waals surface area contributed by atoms with Crippen LogP contribution in [-0.2, 0) is 9.59 Å². The third kappa shape index (κ3) is 3.50. The molecule has 1 atom stereocenters. The molecule has 108 valence electrons. The first-order valence-corrected chi connectivity index (χ1v) is 5.94. The Balaban J connectivity index is 2.20. The maximum atomic E-state index is 11.9. The summed E-state index contributed by atoms with van der Waals surface area (Å²) in [6.07, 6.45) is 0.486. The normalized spacial score (nSPS) is 11.8. The van der Waals surface area contributed by atoms with Crippen molar-refractivity contribution in [2.75, 3.05) is 0 Å². The molecule has 1 aromatic heterocycles. The van der Waals surface area contributed by atoms with Crippen molar-refractivity contribution in [2.45, 2.75) is 12.5 Å². The highest BCUT2D eigenvalue weighted by molar-refractivity contribution is 5.96. The molecular weight excluding hydrogens is 278 g/mol. The number of para-hydroxylation sites is 2. The molecule has 0 radical (unpaired) electrons. The largest absolute Gasteiger partial charge is 0.481 e. The molecule has 0 bridgehead atoms. The maximum Gasteiger partial charge on any atom is 0.326 e. The molecule has 0 aliphatic rings. The van der Waals surface area contributed by atoms with Gasteiger partial charge in [0.15, 0.2) is 0 Å². The molecule has 3 N–H and O–H groups in total. The van der Waals surface area contributed by atoms with E-state index < -0.39 is 30.3 Å². The minimum absolute atomic E-state index is 0.0784. The lowest BCUT2D eigenvalue weighted by molar-refractivity contribution is -0.145. The first kappa shape index (κ1) is 14.4. The summed E-state index contributed by atoms with van der Waals surface area (Å²) >= 11 is 0. The maximum absolute atomic E-state index is 11.9. The summed E-state index contributed by atoms with van der Waals surface area (Å²) in [6, 6.07) is 5.34. The number of carbonyl (C=O) groups excluding carboxylic acids is 1. The number of rotatable bonds is 5. The topological polar surface area (TPSA) is 129 Å². The zero-order valence-corrected chi connectivity index (χ0v) is 10.7. The number of hydrogen-bond donors (Lipinski definition) is 3. The average molecular weight is 289 g/mol. The van der Waals surface area contributed by atoms with Crippen LogP contribution in [0.5, 0.6) is 0 Å². The van der Waals surface area contributed by atoms with Crippen LogP contribution >= 0.6 is 0 Å². The monoisotopic (exact) mass is 289 g/mol. The third-order valence-corrected chi connectivity index (χ3v) is 2.66. The lowest BCUT2D eigenvalue weighted by Gasteiger charge is -2.11. The Morgan fingerprint density at radius 2 is 1.81 bits per heavy atom. The highest BCUT2D eigenvalue weighted by Crippen LogP contribution is 2.08. The van der Waals surface area contributed by atoms with Gasteiger partial charge in [0.2, 0.25) is 0 Å². The second kappa shape index (κ2) is 5.95. The Morgan fingerprint density at radius 3 is 2.43 bits per heavy atom. The molecule has 0 spiro atoms. The molecule has 8 heteroatoms. The predicted octanol–water partition coefficient (Wildman–Crippen LogP) is 0.287. The Labute approximate surface area is 118 Å². The van der Waals surface area contributed by atoms with Gasteiger partial charge in [-0.2, -0.15) is 0 Å². The van der Waals surface area contributed by atoms with E-state index in [1.807, 2.05) is 0 Å². The number of hydrogen-bond acceptors (Lipinski definition) is 5. The summed E-state index contributed by atoms with van der Waals surface area (Å²) in [6.45, 7) is 0. The van der Waals surface area contributed by atoms with E-state index in [2.05, 4.69) is 15.3 Å². The number of aliphatic carboxylic acids is 2. The zero-order valence-electron chi connectivity index (χ0n) is 10.7. The van der Waals surface area contributed by atoms with Crippen LogP contribution in [0.2, 0.25) is 0 Å². The molecule has 0 unspecified atom stereocenters. The predicted molar refractivity (Wildman–Crippen MR) is 70.7 cm³/mol. The van der Waals surface area contributed by atoms with Crippen LogP contribution in [0, 0.1) is 0 Å². The fraction of sp³-hybridized carbons (Fsp3) is 0.154. The first-order chi connectivity index (χ1) is 9.97. The number of carbonyl (C=O) groups is 3. The molecular formula is C13H11N3O5. The van der Waals surface area contributed by atoms with Gasteiger partial charge in [-0.1, -0.05) is 12.1 Å². The molecule has 1 aromatic carbocycles. The van der Waals surface area contributed by atoms with Crippen LogP contribution in [0.25, 0.3) is 11.0 Å². The zero-order chi connectivity index (χ0) is 15.4. The van der Waals surface area contributed by atoms with Gasteiger partial charge in [-0.05, 0) is 12.1 Å². The molecule has 0 aliphatic carbocycles. The molecule has 1 heterocycles. The van der Waals surface area contributed by atoms with Crippen LogP contribution in [0.1, 0.15) is 16.9 Å². The Bertz CT molecular complexity index is 716. The molecule has 0 fully saturated rings. The second-order valence-corrected chi connectivity index (χ2v) is 4.21. The van der Waals surface area contributed by atoms with Gasteiger partial charge < -0.3 is 15.5 Å². The molecule has 0 aliphatic heterocycles. The minimum Gasteiger partial charge on any atom is -0.481 e. The van der Waals surface area contributed by atoms with Gasteiger partial charge in [0.1, 0.15) is 11.7 Å². The number of amides is 1. The molecule has 2 aromatic rings. The minimum atomic E-state index is -1.52. The van der Waals surface area contributed by atoms with Gasteiger partial charge in [-0.25, -0.2) is 9.78 Å². The quantitative estimate of drug-likeness (QED) is 0.721. The highest BCUT2D eigenvalue weighted by atomic mass is 16.4. The summed E-state index contributed by atoms with van der Waals surface area (Å²) in [5.41, 5.74) is 0.995. The number of nitrogens with one attached hydrogen (secondary N) is 1. The van der Waals surface area contributed by atoms with Gasteiger partial charge in [-0.15, -0.1) is 0 Å². The van der Waals surface area contributed by atoms with E-state index >= 15 is 0 Å². The molecule has 2 rings (SSSR count). The number of carboxylic acids is 2. The Hall–Kier alpha value is -3.03. The summed E-state index contributed by atoms with van der Waals surface area (Å²) in [5.74, 6) is -3.55. The van der Waals surface area contributed by atoms with E-state index in [0.29, 0.717) is 11.0 Å². The van der Waals surface area contributed by atoms with Crippen molar-refractivity contribution in [1.82, 2.24) is 15.3 Å². The summed E-state index contributed by atoms with van der Waals surface area (Å²) in [5, 5.41) is 19.6. The Morgan fingerprint density at radius 1 is 1.14 bits per heavy atom. The lowest BCUT2D eigenvalue weighted by atomic mass is 10.2. The third-order valence-electron chi connectivity index (χ3n) is 2.66. The number of benzene rings is 1. The van der Waals surface area contributed by atoms with Gasteiger partial charge in [0.25, 0.3) is 5.91 Å². The van der Waals surface area contributed by atoms with Crippen LogP contribution in [0.15, 0.2) is 30.5 Å². The van der Waals surface area contributed by atoms with Crippen LogP contribution < -0.4 is 5.32 Å². The molecule has 0 saturated carbocycles. The average Bonchev–Trinajstić information content (AvgIpc) is 2.45. The van der Waals surface area contributed by atoms with E-state index in [-0.39, 0.29) is 5.69 Å². The number of carboxylic acid groups (broad SMARTS) is 2. The first-order valence-electron chi connectivity index (χ1n) is 5.94. The van der Waals surface area contributed by atoms with Crippen molar-refractivity contribution in [3.8, 4) is 0 Å². The Kier molecular flexibility index (Phi) is 4.07. The number of aromatic nitrogens is 2.